The topological polar surface area (TPSA) is 61.8 Å². The van der Waals surface area contributed by atoms with Gasteiger partial charge in [-0.15, -0.1) is 0 Å². The Bertz CT molecular complexity index is 962. The second-order valence-electron chi connectivity index (χ2n) is 6.89. The van der Waals surface area contributed by atoms with Crippen molar-refractivity contribution >= 4 is 11.9 Å². The van der Waals surface area contributed by atoms with Crippen molar-refractivity contribution in [3.05, 3.63) is 34.6 Å². The first kappa shape index (κ1) is 10.1. The average molecular weight is 336 g/mol. The molecular formula is C19H22O5. The van der Waals surface area contributed by atoms with Gasteiger partial charge in [0.2, 0.25) is 0 Å². The molecule has 0 unspecified atom stereocenters. The van der Waals surface area contributed by atoms with Gasteiger partial charge in [-0.2, -0.15) is 0 Å². The van der Waals surface area contributed by atoms with Crippen LogP contribution in [0.5, 0.6) is 0 Å². The number of hydrogen-bond acceptors (Lipinski definition) is 5. The van der Waals surface area contributed by atoms with Crippen LogP contribution in [0.15, 0.2) is 34.6 Å². The molecule has 0 amide bonds. The van der Waals surface area contributed by atoms with Crippen molar-refractivity contribution < 1.29 is 32.0 Å². The van der Waals surface area contributed by atoms with Gasteiger partial charge in [-0.1, -0.05) is 19.4 Å². The van der Waals surface area contributed by atoms with E-state index in [2.05, 4.69) is 0 Å². The van der Waals surface area contributed by atoms with Crippen LogP contribution in [0.1, 0.15) is 54.6 Å². The first-order valence-corrected chi connectivity index (χ1v) is 7.88. The van der Waals surface area contributed by atoms with E-state index in [1.807, 2.05) is 0 Å². The predicted molar refractivity (Wildman–Crippen MR) is 85.5 cm³/mol. The third kappa shape index (κ3) is 2.29. The minimum Gasteiger partial charge on any atom is -0.458 e. The van der Waals surface area contributed by atoms with Gasteiger partial charge in [0.15, 0.2) is 0 Å². The van der Waals surface area contributed by atoms with Crippen LogP contribution in [0, 0.1) is 11.3 Å². The molecule has 0 radical (unpaired) electrons. The fraction of sp³-hybridized carbons (Fsp3) is 0.579. The van der Waals surface area contributed by atoms with Crippen molar-refractivity contribution in [1.29, 1.82) is 0 Å². The molecule has 0 aromatic rings. The van der Waals surface area contributed by atoms with Crippen molar-refractivity contribution in [2.75, 3.05) is 0 Å². The number of carbonyl (C=O) groups is 2. The van der Waals surface area contributed by atoms with Gasteiger partial charge < -0.3 is 14.2 Å². The standard InChI is InChI=1S/C19H22O5/c1-10-7-14(23-17(10)20)22-9-13-12-8-11-5-4-6-19(2,3)15(11)16(12)24-18(13)21/h7,9,12,14,16H,4-6,8H2,1-3H3/b13-9+/t12-,14+,16+/m1/s1/i5D2,8D2,9D,12D. The van der Waals surface area contributed by atoms with Gasteiger partial charge >= 0.3 is 11.9 Å². The summed E-state index contributed by atoms with van der Waals surface area (Å²) in [6, 6.07) is 0. The molecule has 24 heavy (non-hydrogen) atoms. The smallest absolute Gasteiger partial charge is 0.338 e. The molecule has 5 heteroatoms. The highest BCUT2D eigenvalue weighted by atomic mass is 16.7. The molecule has 0 aromatic carbocycles. The first-order chi connectivity index (χ1) is 13.6. The van der Waals surface area contributed by atoms with Crippen molar-refractivity contribution in [2.24, 2.45) is 11.3 Å². The van der Waals surface area contributed by atoms with E-state index in [4.69, 9.17) is 22.4 Å². The Kier molecular flexibility index (Phi) is 2.19. The fourth-order valence-electron chi connectivity index (χ4n) is 3.37. The Morgan fingerprint density at radius 1 is 1.42 bits per heavy atom. The molecular weight excluding hydrogens is 308 g/mol. The number of carbonyl (C=O) groups excluding carboxylic acids is 2. The minimum absolute atomic E-state index is 0.0699. The number of rotatable bonds is 2. The highest BCUT2D eigenvalue weighted by Gasteiger charge is 2.52. The number of cyclic esters (lactones) is 1. The summed E-state index contributed by atoms with van der Waals surface area (Å²) in [7, 11) is 0. The molecule has 1 fully saturated rings. The monoisotopic (exact) mass is 336 g/mol. The Morgan fingerprint density at radius 3 is 2.92 bits per heavy atom. The van der Waals surface area contributed by atoms with Gasteiger partial charge in [-0.25, -0.2) is 9.59 Å². The normalized spacial score (nSPS) is 46.9. The molecule has 4 rings (SSSR count). The van der Waals surface area contributed by atoms with Crippen LogP contribution in [-0.2, 0) is 23.8 Å². The first-order valence-electron chi connectivity index (χ1n) is 10.9. The van der Waals surface area contributed by atoms with E-state index in [1.165, 1.54) is 13.0 Å². The van der Waals surface area contributed by atoms with E-state index in [0.717, 1.165) is 0 Å². The summed E-state index contributed by atoms with van der Waals surface area (Å²) in [6.45, 7) is 5.10. The van der Waals surface area contributed by atoms with Crippen LogP contribution < -0.4 is 0 Å². The second kappa shape index (κ2) is 5.23. The Morgan fingerprint density at radius 2 is 2.21 bits per heavy atom. The van der Waals surface area contributed by atoms with Crippen LogP contribution in [0.4, 0.5) is 0 Å². The molecule has 5 nitrogen and oxygen atoms in total. The zero-order chi connectivity index (χ0) is 22.4. The summed E-state index contributed by atoms with van der Waals surface area (Å²) >= 11 is 0. The van der Waals surface area contributed by atoms with Gasteiger partial charge in [0.25, 0.3) is 6.29 Å². The Labute approximate surface area is 149 Å². The fourth-order valence-corrected chi connectivity index (χ4v) is 3.37. The molecule has 2 aliphatic carbocycles. The number of esters is 2. The third-order valence-electron chi connectivity index (χ3n) is 4.74. The van der Waals surface area contributed by atoms with Crippen molar-refractivity contribution in [2.45, 2.75) is 58.8 Å². The number of allylic oxidation sites excluding steroid dienone is 1. The molecule has 4 aliphatic rings. The highest BCUT2D eigenvalue weighted by Crippen LogP contribution is 2.54. The van der Waals surface area contributed by atoms with Gasteiger partial charge in [-0.3, -0.25) is 0 Å². The summed E-state index contributed by atoms with van der Waals surface area (Å²) in [5.74, 6) is -4.11. The summed E-state index contributed by atoms with van der Waals surface area (Å²) in [5.41, 5.74) is -1.01. The number of ether oxygens (including phenoxy) is 3. The molecule has 1 saturated heterocycles. The molecule has 2 aliphatic heterocycles. The maximum absolute atomic E-state index is 12.7. The van der Waals surface area contributed by atoms with E-state index < -0.39 is 60.2 Å². The number of hydrogen-bond donors (Lipinski definition) is 0. The zero-order valence-electron chi connectivity index (χ0n) is 19.7. The quantitative estimate of drug-likeness (QED) is 0.335. The largest absolute Gasteiger partial charge is 0.458 e. The van der Waals surface area contributed by atoms with E-state index in [9.17, 15) is 9.59 Å². The summed E-state index contributed by atoms with van der Waals surface area (Å²) in [5, 5.41) is 0. The minimum atomic E-state index is -2.62. The highest BCUT2D eigenvalue weighted by molar-refractivity contribution is 5.92. The lowest BCUT2D eigenvalue weighted by atomic mass is 9.72. The SMILES string of the molecule is [2H]/C(O[C@@H]1C=C(C)C(=O)O1)=C1\C(=O)O[C@@H]2C3=C(C([2H])([2H])CCC3(C)C)C([2H])([2H])[C@]12[2H]. The molecule has 0 spiro atoms. The maximum atomic E-state index is 12.7. The maximum Gasteiger partial charge on any atom is 0.338 e. The van der Waals surface area contributed by atoms with E-state index in [0.29, 0.717) is 6.42 Å². The molecule has 0 N–H and O–H groups in total. The van der Waals surface area contributed by atoms with E-state index >= 15 is 0 Å². The van der Waals surface area contributed by atoms with Gasteiger partial charge in [0, 0.05) is 24.4 Å². The van der Waals surface area contributed by atoms with Gasteiger partial charge in [0.05, 0.1) is 11.8 Å². The van der Waals surface area contributed by atoms with Crippen LogP contribution in [-0.4, -0.2) is 24.3 Å². The summed E-state index contributed by atoms with van der Waals surface area (Å²) in [6.07, 6.45) is -6.35. The molecule has 3 atom stereocenters. The molecule has 0 aromatic heterocycles. The zero-order valence-corrected chi connectivity index (χ0v) is 13.7. The van der Waals surface area contributed by atoms with Crippen molar-refractivity contribution in [1.82, 2.24) is 0 Å². The van der Waals surface area contributed by atoms with Crippen LogP contribution in [0.25, 0.3) is 0 Å². The Balaban J connectivity index is 1.84. The van der Waals surface area contributed by atoms with Crippen LogP contribution >= 0.6 is 0 Å². The lowest BCUT2D eigenvalue weighted by Crippen LogP contribution is -2.27. The lowest BCUT2D eigenvalue weighted by molar-refractivity contribution is -0.152. The van der Waals surface area contributed by atoms with E-state index in [-0.39, 0.29) is 23.1 Å². The summed E-state index contributed by atoms with van der Waals surface area (Å²) < 4.78 is 67.0. The van der Waals surface area contributed by atoms with Crippen molar-refractivity contribution in [3.63, 3.8) is 0 Å². The number of fused-ring (bicyclic) bond motifs is 2. The summed E-state index contributed by atoms with van der Waals surface area (Å²) in [4.78, 5) is 24.2. The third-order valence-corrected chi connectivity index (χ3v) is 4.74. The van der Waals surface area contributed by atoms with Gasteiger partial charge in [-0.05, 0) is 43.5 Å². The van der Waals surface area contributed by atoms with Crippen molar-refractivity contribution in [3.8, 4) is 0 Å². The predicted octanol–water partition coefficient (Wildman–Crippen LogP) is 3.17. The molecule has 2 heterocycles. The Hall–Kier alpha value is -2.04. The second-order valence-corrected chi connectivity index (χ2v) is 6.89. The molecule has 128 valence electrons. The van der Waals surface area contributed by atoms with Gasteiger partial charge in [0.1, 0.15) is 7.47 Å². The molecule has 0 bridgehead atoms. The van der Waals surface area contributed by atoms with Crippen LogP contribution in [0.2, 0.25) is 0 Å². The van der Waals surface area contributed by atoms with E-state index in [1.54, 1.807) is 13.8 Å². The molecule has 0 saturated carbocycles. The average Bonchev–Trinajstić information content (AvgIpc) is 3.11. The lowest BCUT2D eigenvalue weighted by Gasteiger charge is -2.34. The van der Waals surface area contributed by atoms with Crippen LogP contribution in [0.3, 0.4) is 0 Å².